The van der Waals surface area contributed by atoms with Gasteiger partial charge in [0.05, 0.1) is 0 Å². The molecule has 0 aromatic heterocycles. The van der Waals surface area contributed by atoms with Crippen LogP contribution in [0.1, 0.15) is 35.1 Å². The van der Waals surface area contributed by atoms with E-state index in [0.717, 1.165) is 6.42 Å². The van der Waals surface area contributed by atoms with Crippen molar-refractivity contribution in [3.8, 4) is 0 Å². The van der Waals surface area contributed by atoms with Crippen LogP contribution in [0.25, 0.3) is 0 Å². The van der Waals surface area contributed by atoms with Gasteiger partial charge in [-0.25, -0.2) is 0 Å². The zero-order valence-electron chi connectivity index (χ0n) is 8.90. The van der Waals surface area contributed by atoms with Crippen LogP contribution in [-0.4, -0.2) is 0 Å². The average molecular weight is 194 g/mol. The van der Waals surface area contributed by atoms with Gasteiger partial charge in [0, 0.05) is 5.92 Å². The molecule has 0 saturated heterocycles. The summed E-state index contributed by atoms with van der Waals surface area (Å²) in [6.45, 7) is 2.23. The van der Waals surface area contributed by atoms with Crippen molar-refractivity contribution in [3.63, 3.8) is 0 Å². The molecule has 2 aromatic rings. The molecule has 2 aromatic carbocycles. The van der Waals surface area contributed by atoms with Crippen LogP contribution in [0.4, 0.5) is 0 Å². The number of rotatable bonds is 2. The Bertz CT molecular complexity index is 479. The minimum absolute atomic E-state index is 0.561. The van der Waals surface area contributed by atoms with Crippen LogP contribution in [0.15, 0.2) is 48.5 Å². The van der Waals surface area contributed by atoms with Gasteiger partial charge in [-0.15, -0.1) is 0 Å². The maximum atomic E-state index is 2.33. The van der Waals surface area contributed by atoms with Gasteiger partial charge in [0.1, 0.15) is 0 Å². The third-order valence-electron chi connectivity index (χ3n) is 3.33. The van der Waals surface area contributed by atoms with E-state index in [1.54, 1.807) is 0 Å². The van der Waals surface area contributed by atoms with Gasteiger partial charge in [-0.05, 0) is 28.7 Å². The zero-order valence-corrected chi connectivity index (χ0v) is 8.90. The van der Waals surface area contributed by atoms with Gasteiger partial charge in [-0.2, -0.15) is 0 Å². The molecule has 1 atom stereocenters. The summed E-state index contributed by atoms with van der Waals surface area (Å²) in [6.07, 6.45) is 1.14. The normalized spacial score (nSPS) is 17.3. The van der Waals surface area contributed by atoms with Gasteiger partial charge < -0.3 is 0 Å². The molecular weight excluding hydrogens is 180 g/mol. The molecule has 2 bridgehead atoms. The summed E-state index contributed by atoms with van der Waals surface area (Å²) in [7, 11) is 0. The summed E-state index contributed by atoms with van der Waals surface area (Å²) in [6, 6.07) is 17.6. The topological polar surface area (TPSA) is 0 Å². The highest BCUT2D eigenvalue weighted by Crippen LogP contribution is 2.42. The van der Waals surface area contributed by atoms with Crippen molar-refractivity contribution in [2.75, 3.05) is 0 Å². The number of fused-ring (bicyclic) bond motifs is 2. The number of aryl methyl sites for hydroxylation is 1. The van der Waals surface area contributed by atoms with Crippen molar-refractivity contribution in [2.24, 2.45) is 0 Å². The Morgan fingerprint density at radius 2 is 1.73 bits per heavy atom. The first-order valence-corrected chi connectivity index (χ1v) is 5.58. The van der Waals surface area contributed by atoms with E-state index in [0.29, 0.717) is 5.92 Å². The Morgan fingerprint density at radius 3 is 2.40 bits per heavy atom. The SMILES string of the molecule is CCc1ccc2cc1C2c1ccccc1. The lowest BCUT2D eigenvalue weighted by Crippen LogP contribution is -2.15. The standard InChI is InChI=1S/C15H14/c1-2-11-8-9-13-10-14(11)15(13)12-6-4-3-5-7-12/h3-10,15H,2H2,1H3. The van der Waals surface area contributed by atoms with E-state index in [-0.39, 0.29) is 0 Å². The molecule has 0 spiro atoms. The molecule has 0 heteroatoms. The van der Waals surface area contributed by atoms with E-state index in [9.17, 15) is 0 Å². The van der Waals surface area contributed by atoms with Crippen LogP contribution < -0.4 is 0 Å². The lowest BCUT2D eigenvalue weighted by molar-refractivity contribution is 0.869. The van der Waals surface area contributed by atoms with E-state index in [2.05, 4.69) is 55.5 Å². The third kappa shape index (κ3) is 1.21. The molecule has 1 unspecified atom stereocenters. The second-order valence-electron chi connectivity index (χ2n) is 4.16. The van der Waals surface area contributed by atoms with Crippen molar-refractivity contribution in [3.05, 3.63) is 70.8 Å². The predicted octanol–water partition coefficient (Wildman–Crippen LogP) is 3.74. The average Bonchev–Trinajstić information content (AvgIpc) is 2.30. The van der Waals surface area contributed by atoms with E-state index in [1.807, 2.05) is 0 Å². The molecule has 2 aliphatic carbocycles. The summed E-state index contributed by atoms with van der Waals surface area (Å²) in [4.78, 5) is 0. The molecule has 15 heavy (non-hydrogen) atoms. The molecule has 0 saturated carbocycles. The Morgan fingerprint density at radius 1 is 0.933 bits per heavy atom. The second-order valence-corrected chi connectivity index (χ2v) is 4.16. The molecule has 0 aliphatic heterocycles. The Hall–Kier alpha value is -1.56. The van der Waals surface area contributed by atoms with Crippen molar-refractivity contribution in [1.82, 2.24) is 0 Å². The Balaban J connectivity index is 2.05. The van der Waals surface area contributed by atoms with Crippen molar-refractivity contribution >= 4 is 0 Å². The summed E-state index contributed by atoms with van der Waals surface area (Å²) >= 11 is 0. The highest BCUT2D eigenvalue weighted by Gasteiger charge is 2.27. The number of hydrogen-bond donors (Lipinski definition) is 0. The molecular formula is C15H14. The maximum absolute atomic E-state index is 2.33. The molecule has 74 valence electrons. The molecule has 0 fully saturated rings. The van der Waals surface area contributed by atoms with Gasteiger partial charge in [-0.1, -0.05) is 55.5 Å². The van der Waals surface area contributed by atoms with Crippen LogP contribution in [0.3, 0.4) is 0 Å². The Labute approximate surface area is 90.6 Å². The summed E-state index contributed by atoms with van der Waals surface area (Å²) < 4.78 is 0. The molecule has 0 nitrogen and oxygen atoms in total. The minimum atomic E-state index is 0.561. The lowest BCUT2D eigenvalue weighted by Gasteiger charge is -2.30. The van der Waals surface area contributed by atoms with Crippen LogP contribution in [0.5, 0.6) is 0 Å². The van der Waals surface area contributed by atoms with Gasteiger partial charge in [0.2, 0.25) is 0 Å². The van der Waals surface area contributed by atoms with Gasteiger partial charge >= 0.3 is 0 Å². The maximum Gasteiger partial charge on any atom is 0.0342 e. The van der Waals surface area contributed by atoms with E-state index in [1.165, 1.54) is 22.3 Å². The molecule has 2 aliphatic rings. The molecule has 4 rings (SSSR count). The van der Waals surface area contributed by atoms with E-state index >= 15 is 0 Å². The van der Waals surface area contributed by atoms with Gasteiger partial charge in [0.15, 0.2) is 0 Å². The summed E-state index contributed by atoms with van der Waals surface area (Å²) in [5.74, 6) is 0.561. The third-order valence-corrected chi connectivity index (χ3v) is 3.33. The smallest absolute Gasteiger partial charge is 0.0342 e. The first kappa shape index (κ1) is 8.72. The van der Waals surface area contributed by atoms with Crippen LogP contribution in [-0.2, 0) is 6.42 Å². The fourth-order valence-corrected chi connectivity index (χ4v) is 2.48. The molecule has 0 radical (unpaired) electrons. The van der Waals surface area contributed by atoms with Crippen LogP contribution in [0.2, 0.25) is 0 Å². The fourth-order valence-electron chi connectivity index (χ4n) is 2.48. The monoisotopic (exact) mass is 194 g/mol. The van der Waals surface area contributed by atoms with Crippen LogP contribution >= 0.6 is 0 Å². The van der Waals surface area contributed by atoms with Gasteiger partial charge in [0.25, 0.3) is 0 Å². The van der Waals surface area contributed by atoms with E-state index in [4.69, 9.17) is 0 Å². The number of hydrogen-bond acceptors (Lipinski definition) is 0. The highest BCUT2D eigenvalue weighted by atomic mass is 14.3. The van der Waals surface area contributed by atoms with Crippen molar-refractivity contribution < 1.29 is 0 Å². The van der Waals surface area contributed by atoms with Crippen molar-refractivity contribution in [1.29, 1.82) is 0 Å². The molecule has 0 heterocycles. The van der Waals surface area contributed by atoms with E-state index < -0.39 is 0 Å². The zero-order chi connectivity index (χ0) is 10.3. The van der Waals surface area contributed by atoms with Gasteiger partial charge in [-0.3, -0.25) is 0 Å². The first-order chi connectivity index (χ1) is 7.40. The fraction of sp³-hybridized carbons (Fsp3) is 0.200. The quantitative estimate of drug-likeness (QED) is 0.583. The van der Waals surface area contributed by atoms with Crippen molar-refractivity contribution in [2.45, 2.75) is 19.3 Å². The lowest BCUT2D eigenvalue weighted by atomic mass is 9.73. The minimum Gasteiger partial charge on any atom is -0.0622 e. The number of benzene rings is 2. The second kappa shape index (κ2) is 3.23. The largest absolute Gasteiger partial charge is 0.0622 e. The first-order valence-electron chi connectivity index (χ1n) is 5.58. The molecule has 0 N–H and O–H groups in total. The Kier molecular flexibility index (Phi) is 1.88. The highest BCUT2D eigenvalue weighted by molar-refractivity contribution is 5.55. The van der Waals surface area contributed by atoms with Crippen LogP contribution in [0, 0.1) is 0 Å². The summed E-state index contributed by atoms with van der Waals surface area (Å²) in [5.41, 5.74) is 5.92. The summed E-state index contributed by atoms with van der Waals surface area (Å²) in [5, 5.41) is 0. The predicted molar refractivity (Wildman–Crippen MR) is 63.2 cm³/mol. The molecule has 0 amide bonds.